The number of hydrogen-bond donors (Lipinski definition) is 0. The van der Waals surface area contributed by atoms with Crippen molar-refractivity contribution in [3.63, 3.8) is 0 Å². The normalized spacial score (nSPS) is 19.9. The van der Waals surface area contributed by atoms with Gasteiger partial charge in [-0.2, -0.15) is 18.2 Å². The molecule has 13 rings (SSSR count). The predicted molar refractivity (Wildman–Crippen MR) is 337 cm³/mol. The molecule has 410 valence electrons. The van der Waals surface area contributed by atoms with Gasteiger partial charge in [-0.05, 0) is 111 Å². The van der Waals surface area contributed by atoms with Crippen molar-refractivity contribution < 1.29 is 71.5 Å². The van der Waals surface area contributed by atoms with E-state index in [-0.39, 0.29) is 60.3 Å². The molecule has 0 spiro atoms. The SMILES string of the molecule is [2H]c1c([2H])c([2H])c([Si](c2cc(C(C)(C)C)cc(-c3c([2H])c([2H])c4c(c3[2H])C(C([2H])([2H])[2H])(C([2H])([2H])[2H])CC4(C([2H])([2H])[2H])C([2H])([2H])[2H])c2-[n+]2[c-]n(-c3[c-]c(Oc4[c-]c5c(cc4)c4ccccc4n5-c4cc(C(C)(C)C)ccn4)ccc3)c3ccccc32)(c2c([2H])c([2H])c([2H])c([2H])c2[2H])c2c([2H])c([2H])c([2H])c([2H])c2[2H])c([2H])c1[2H].[Pt]. The van der Waals surface area contributed by atoms with E-state index in [4.69, 9.17) is 22.1 Å². The fraction of sp³-hybridized carbons (Fsp3) is 0.200. The number of pyridine rings is 1. The molecule has 0 saturated carbocycles. The maximum absolute atomic E-state index is 10.7. The Kier molecular flexibility index (Phi) is 7.48. The molecule has 3 heterocycles. The molecule has 0 amide bonds. The Hall–Kier alpha value is -7.89. The second-order valence-electron chi connectivity index (χ2n) is 22.3. The van der Waals surface area contributed by atoms with Crippen LogP contribution in [-0.2, 0) is 42.7 Å². The van der Waals surface area contributed by atoms with Crippen molar-refractivity contribution in [2.75, 3.05) is 0 Å². The summed E-state index contributed by atoms with van der Waals surface area (Å²) in [7, 11) is -6.51. The molecule has 1 aliphatic rings. The van der Waals surface area contributed by atoms with Crippen molar-refractivity contribution >= 4 is 61.7 Å². The van der Waals surface area contributed by atoms with Crippen LogP contribution in [0.1, 0.15) is 139 Å². The smallest absolute Gasteiger partial charge is 0.268 e. The molecule has 12 aromatic rings. The monoisotopic (exact) mass is 1290 g/mol. The van der Waals surface area contributed by atoms with Crippen molar-refractivity contribution in [2.45, 2.75) is 97.0 Å². The maximum atomic E-state index is 10.7. The van der Waals surface area contributed by atoms with Gasteiger partial charge in [-0.25, -0.2) is 4.98 Å². The van der Waals surface area contributed by atoms with Gasteiger partial charge in [-0.1, -0.05) is 238 Å². The number of para-hydroxylation sites is 3. The van der Waals surface area contributed by atoms with Gasteiger partial charge < -0.3 is 13.9 Å². The van der Waals surface area contributed by atoms with Crippen LogP contribution in [0, 0.1) is 18.5 Å². The number of fused-ring (bicyclic) bond motifs is 5. The van der Waals surface area contributed by atoms with Crippen molar-refractivity contribution in [1.29, 1.82) is 0 Å². The number of nitrogens with zero attached hydrogens (tertiary/aromatic N) is 4. The molecule has 0 bridgehead atoms. The zero-order valence-electron chi connectivity index (χ0n) is 75.1. The summed E-state index contributed by atoms with van der Waals surface area (Å²) in [5.41, 5.74) is -11.4. The van der Waals surface area contributed by atoms with Crippen molar-refractivity contribution in [2.24, 2.45) is 0 Å². The minimum absolute atomic E-state index is 0. The van der Waals surface area contributed by atoms with E-state index in [1.54, 1.807) is 63.4 Å². The second-order valence-corrected chi connectivity index (χ2v) is 25.8. The van der Waals surface area contributed by atoms with Crippen molar-refractivity contribution in [3.05, 3.63) is 259 Å². The fourth-order valence-electron chi connectivity index (χ4n) is 11.0. The number of ether oxygens (including phenoxy) is 1. The first-order valence-corrected chi connectivity index (χ1v) is 28.0. The Balaban J connectivity index is 0.0000116. The molecule has 0 aliphatic heterocycles. The molecule has 9 aromatic carbocycles. The Bertz CT molecular complexity index is 5680. The third kappa shape index (κ3) is 9.29. The van der Waals surface area contributed by atoms with Gasteiger partial charge in [0, 0.05) is 60.7 Å². The summed E-state index contributed by atoms with van der Waals surface area (Å²) in [6.45, 7) is -4.93. The summed E-state index contributed by atoms with van der Waals surface area (Å²) in [5.74, 6) is 0.853. The third-order valence-electron chi connectivity index (χ3n) is 14.9. The molecule has 5 nitrogen and oxygen atoms in total. The predicted octanol–water partition coefficient (Wildman–Crippen LogP) is 15.2. The Morgan fingerprint density at radius 1 is 0.610 bits per heavy atom. The van der Waals surface area contributed by atoms with E-state index in [1.807, 2.05) is 47.0 Å². The number of imidazole rings is 1. The molecule has 1 aliphatic carbocycles. The summed E-state index contributed by atoms with van der Waals surface area (Å²) >= 11 is 0. The standard InChI is InChI=1S/C75H68N4OSi.Pt/c1-72(2,3)52-41-42-76-70(46-52)79-65-34-21-20-33-60(65)61-39-38-56(48-68(61)79)80-55-26-24-25-54(47-55)77-50-78(67-36-23-22-35-66(67)77)71-62(51-37-40-63-64(43-51)75(9,10)49-74(63,7)8)44-53(73(4,5)6)45-69(71)81(57-27-14-11-15-28-57,58-29-16-12-17-30-58)59-31-18-13-19-32-59;/h11-46H,49H2,1-10H3;/q-2;/i7D3,8D3,9D3,10D3,11D,12D,13D,14D,15D,16D,17D,18D,19D,27D,28D,29D,30D,31D,32D,37D,40D,43D;. The first-order chi connectivity index (χ1) is 51.4. The second kappa shape index (κ2) is 20.5. The zero-order chi connectivity index (χ0) is 81.7. The van der Waals surface area contributed by atoms with E-state index in [0.717, 1.165) is 21.9 Å². The van der Waals surface area contributed by atoms with Gasteiger partial charge in [0.15, 0.2) is 8.07 Å². The Morgan fingerprint density at radius 2 is 1.23 bits per heavy atom. The Labute approximate surface area is 541 Å². The first kappa shape index (κ1) is 29.9. The fourth-order valence-corrected chi connectivity index (χ4v) is 15.0. The van der Waals surface area contributed by atoms with Crippen LogP contribution in [0.15, 0.2) is 218 Å². The van der Waals surface area contributed by atoms with Crippen molar-refractivity contribution in [1.82, 2.24) is 14.1 Å². The van der Waals surface area contributed by atoms with Crippen LogP contribution in [-0.4, -0.2) is 22.2 Å². The molecule has 3 aromatic heterocycles. The number of benzene rings is 9. The van der Waals surface area contributed by atoms with E-state index in [2.05, 4.69) is 39.2 Å². The third-order valence-corrected chi connectivity index (χ3v) is 19.1. The van der Waals surface area contributed by atoms with Crippen LogP contribution in [0.2, 0.25) is 0 Å². The van der Waals surface area contributed by atoms with E-state index >= 15 is 0 Å². The van der Waals surface area contributed by atoms with Gasteiger partial charge in [-0.3, -0.25) is 4.57 Å². The van der Waals surface area contributed by atoms with E-state index in [0.29, 0.717) is 11.3 Å². The van der Waals surface area contributed by atoms with Crippen LogP contribution >= 0.6 is 0 Å². The molecule has 0 radical (unpaired) electrons. The van der Waals surface area contributed by atoms with Crippen LogP contribution < -0.4 is 30.1 Å². The topological polar surface area (TPSA) is 35.9 Å². The van der Waals surface area contributed by atoms with Crippen LogP contribution in [0.25, 0.3) is 61.2 Å². The molecule has 7 heteroatoms. The summed E-state index contributed by atoms with van der Waals surface area (Å²) < 4.78 is 297. The van der Waals surface area contributed by atoms with Crippen LogP contribution in [0.5, 0.6) is 11.5 Å². The maximum Gasteiger partial charge on any atom is 0.268 e. The average Bonchev–Trinajstić information content (AvgIpc) is 1.49. The number of aromatic nitrogens is 4. The molecule has 0 N–H and O–H groups in total. The number of hydrogen-bond acceptors (Lipinski definition) is 2. The van der Waals surface area contributed by atoms with Crippen molar-refractivity contribution in [3.8, 4) is 39.8 Å². The van der Waals surface area contributed by atoms with E-state index in [1.165, 1.54) is 33.4 Å². The molecule has 82 heavy (non-hydrogen) atoms. The first-order valence-electron chi connectivity index (χ1n) is 41.0. The molecule has 0 saturated heterocycles. The minimum atomic E-state index is -6.51. The van der Waals surface area contributed by atoms with Gasteiger partial charge in [0.2, 0.25) is 0 Å². The molecular formula is C75H68N4OPtSi-2. The summed E-state index contributed by atoms with van der Waals surface area (Å²) in [6.07, 6.45) is 3.21. The van der Waals surface area contributed by atoms with Gasteiger partial charge in [0.1, 0.15) is 5.82 Å². The zero-order valence-corrected chi connectivity index (χ0v) is 48.4. The quantitative estimate of drug-likeness (QED) is 0.0592. The molecule has 0 atom stereocenters. The van der Waals surface area contributed by atoms with Crippen LogP contribution in [0.3, 0.4) is 0 Å². The molecular weight excluding hydrogens is 1200 g/mol. The Morgan fingerprint density at radius 3 is 1.89 bits per heavy atom. The van der Waals surface area contributed by atoms with Gasteiger partial charge in [-0.15, -0.1) is 29.7 Å². The largest absolute Gasteiger partial charge is 0.510 e. The average molecular weight is 1290 g/mol. The summed E-state index contributed by atoms with van der Waals surface area (Å²) in [4.78, 5) is 4.80. The van der Waals surface area contributed by atoms with Gasteiger partial charge >= 0.3 is 0 Å². The molecule has 0 fully saturated rings. The number of rotatable bonds is 10. The van der Waals surface area contributed by atoms with Gasteiger partial charge in [0.25, 0.3) is 6.33 Å². The summed E-state index contributed by atoms with van der Waals surface area (Å²) in [5, 5.41) is -1.97. The van der Waals surface area contributed by atoms with Gasteiger partial charge in [0.05, 0.1) is 41.4 Å². The molecule has 0 unspecified atom stereocenters. The summed E-state index contributed by atoms with van der Waals surface area (Å²) in [6, 6.07) is 14.1. The minimum Gasteiger partial charge on any atom is -0.510 e. The van der Waals surface area contributed by atoms with E-state index < -0.39 is 216 Å². The van der Waals surface area contributed by atoms with E-state index in [9.17, 15) is 28.8 Å². The van der Waals surface area contributed by atoms with Crippen LogP contribution in [0.4, 0.5) is 0 Å².